The molecule has 1 heterocycles. The first kappa shape index (κ1) is 12.8. The summed E-state index contributed by atoms with van der Waals surface area (Å²) in [6.45, 7) is 8.49. The molecule has 0 amide bonds. The predicted molar refractivity (Wildman–Crippen MR) is 69.4 cm³/mol. The fourth-order valence-corrected chi connectivity index (χ4v) is 5.22. The zero-order valence-electron chi connectivity index (χ0n) is 10.4. The Hall–Kier alpha value is -0.240. The van der Waals surface area contributed by atoms with Gasteiger partial charge in [-0.05, 0) is 42.8 Å². The molecule has 0 spiro atoms. The van der Waals surface area contributed by atoms with Gasteiger partial charge in [-0.1, -0.05) is 20.8 Å². The lowest BCUT2D eigenvalue weighted by Gasteiger charge is -2.26. The standard InChI is InChI=1S/C13H23OS/c1-11(14)7-8-12(13(2,3)4)15-9-5-6-10-15/h7-8,12H,5-6,9-10H2,1-4H3/q+1/b8-7+. The Morgan fingerprint density at radius 1 is 1.27 bits per heavy atom. The minimum Gasteiger partial charge on any atom is -0.295 e. The largest absolute Gasteiger partial charge is 0.295 e. The van der Waals surface area contributed by atoms with E-state index in [9.17, 15) is 4.79 Å². The van der Waals surface area contributed by atoms with Crippen LogP contribution < -0.4 is 0 Å². The number of hydrogen-bond donors (Lipinski definition) is 0. The van der Waals surface area contributed by atoms with Gasteiger partial charge in [0.2, 0.25) is 0 Å². The van der Waals surface area contributed by atoms with Gasteiger partial charge < -0.3 is 0 Å². The van der Waals surface area contributed by atoms with Gasteiger partial charge in [-0.15, -0.1) is 0 Å². The Labute approximate surface area is 96.7 Å². The molecule has 2 heteroatoms. The van der Waals surface area contributed by atoms with Gasteiger partial charge in [0.15, 0.2) is 5.78 Å². The Balaban J connectivity index is 2.73. The van der Waals surface area contributed by atoms with Gasteiger partial charge in [0.25, 0.3) is 0 Å². The van der Waals surface area contributed by atoms with Crippen LogP contribution in [0.25, 0.3) is 0 Å². The molecule has 1 rings (SSSR count). The van der Waals surface area contributed by atoms with Crippen LogP contribution in [0.5, 0.6) is 0 Å². The van der Waals surface area contributed by atoms with Crippen molar-refractivity contribution in [2.45, 2.75) is 45.8 Å². The third-order valence-corrected chi connectivity index (χ3v) is 5.99. The monoisotopic (exact) mass is 227 g/mol. The molecule has 0 bridgehead atoms. The molecular weight excluding hydrogens is 204 g/mol. The first-order valence-corrected chi connectivity index (χ1v) is 7.39. The fourth-order valence-electron chi connectivity index (χ4n) is 2.05. The summed E-state index contributed by atoms with van der Waals surface area (Å²) in [6, 6.07) is 0. The summed E-state index contributed by atoms with van der Waals surface area (Å²) < 4.78 is 0. The molecule has 0 saturated carbocycles. The number of allylic oxidation sites excluding steroid dienone is 1. The molecular formula is C13H23OS+. The summed E-state index contributed by atoms with van der Waals surface area (Å²) in [6.07, 6.45) is 6.69. The summed E-state index contributed by atoms with van der Waals surface area (Å²) in [4.78, 5) is 11.0. The highest BCUT2D eigenvalue weighted by Crippen LogP contribution is 2.32. The predicted octanol–water partition coefficient (Wildman–Crippen LogP) is 2.96. The molecule has 0 radical (unpaired) electrons. The lowest BCUT2D eigenvalue weighted by molar-refractivity contribution is -0.112. The van der Waals surface area contributed by atoms with Gasteiger partial charge >= 0.3 is 0 Å². The van der Waals surface area contributed by atoms with Crippen molar-refractivity contribution in [1.29, 1.82) is 0 Å². The summed E-state index contributed by atoms with van der Waals surface area (Å²) in [5, 5.41) is 0.587. The topological polar surface area (TPSA) is 17.1 Å². The van der Waals surface area contributed by atoms with Crippen molar-refractivity contribution in [3.63, 3.8) is 0 Å². The summed E-state index contributed by atoms with van der Waals surface area (Å²) >= 11 is 0. The average Bonchev–Trinajstić information content (AvgIpc) is 2.54. The molecule has 1 aliphatic rings. The molecule has 1 nitrogen and oxygen atoms in total. The van der Waals surface area contributed by atoms with Gasteiger partial charge in [-0.25, -0.2) is 0 Å². The fraction of sp³-hybridized carbons (Fsp3) is 0.769. The van der Waals surface area contributed by atoms with Crippen LogP contribution in [0.15, 0.2) is 12.2 Å². The van der Waals surface area contributed by atoms with Crippen LogP contribution in [0.3, 0.4) is 0 Å². The average molecular weight is 227 g/mol. The quantitative estimate of drug-likeness (QED) is 0.535. The second kappa shape index (κ2) is 5.20. The lowest BCUT2D eigenvalue weighted by atomic mass is 9.91. The maximum absolute atomic E-state index is 11.0. The van der Waals surface area contributed by atoms with E-state index in [0.717, 1.165) is 0 Å². The van der Waals surface area contributed by atoms with E-state index in [0.29, 0.717) is 21.6 Å². The maximum Gasteiger partial charge on any atom is 0.152 e. The van der Waals surface area contributed by atoms with Gasteiger partial charge in [-0.2, -0.15) is 0 Å². The third-order valence-electron chi connectivity index (χ3n) is 2.78. The number of carbonyl (C=O) groups is 1. The summed E-state index contributed by atoms with van der Waals surface area (Å²) in [5.74, 6) is 2.90. The highest BCUT2D eigenvalue weighted by atomic mass is 32.2. The van der Waals surface area contributed by atoms with Crippen molar-refractivity contribution in [2.75, 3.05) is 11.5 Å². The Morgan fingerprint density at radius 2 is 1.80 bits per heavy atom. The van der Waals surface area contributed by atoms with E-state index in [4.69, 9.17) is 0 Å². The highest BCUT2D eigenvalue weighted by molar-refractivity contribution is 7.97. The number of ketones is 1. The molecule has 0 aromatic carbocycles. The SMILES string of the molecule is CC(=O)/C=C/C([S+]1CCCC1)C(C)(C)C. The smallest absolute Gasteiger partial charge is 0.152 e. The van der Waals surface area contributed by atoms with Crippen molar-refractivity contribution >= 4 is 16.7 Å². The van der Waals surface area contributed by atoms with E-state index in [-0.39, 0.29) is 5.78 Å². The molecule has 0 aromatic heterocycles. The normalized spacial score (nSPS) is 21.1. The molecule has 0 aliphatic carbocycles. The van der Waals surface area contributed by atoms with Crippen LogP contribution in [0.2, 0.25) is 0 Å². The van der Waals surface area contributed by atoms with Crippen LogP contribution in [0, 0.1) is 5.41 Å². The highest BCUT2D eigenvalue weighted by Gasteiger charge is 2.39. The molecule has 15 heavy (non-hydrogen) atoms. The molecule has 86 valence electrons. The first-order chi connectivity index (χ1) is 6.91. The Morgan fingerprint density at radius 3 is 2.20 bits per heavy atom. The molecule has 1 atom stereocenters. The Bertz CT molecular complexity index is 244. The maximum atomic E-state index is 11.0. The van der Waals surface area contributed by atoms with E-state index in [2.05, 4.69) is 26.8 Å². The van der Waals surface area contributed by atoms with Crippen LogP contribution in [0.4, 0.5) is 0 Å². The van der Waals surface area contributed by atoms with E-state index in [1.165, 1.54) is 24.3 Å². The molecule has 0 aromatic rings. The molecule has 1 aliphatic heterocycles. The van der Waals surface area contributed by atoms with E-state index in [1.54, 1.807) is 13.0 Å². The zero-order chi connectivity index (χ0) is 11.5. The molecule has 1 unspecified atom stereocenters. The second-order valence-corrected chi connectivity index (χ2v) is 7.81. The first-order valence-electron chi connectivity index (χ1n) is 5.76. The van der Waals surface area contributed by atoms with Gasteiger partial charge in [-0.3, -0.25) is 4.79 Å². The van der Waals surface area contributed by atoms with Crippen molar-refractivity contribution in [3.8, 4) is 0 Å². The van der Waals surface area contributed by atoms with E-state index >= 15 is 0 Å². The minimum atomic E-state index is 0.173. The number of hydrogen-bond acceptors (Lipinski definition) is 1. The molecule has 0 N–H and O–H groups in total. The molecule has 1 fully saturated rings. The third kappa shape index (κ3) is 4.02. The Kier molecular flexibility index (Phi) is 4.45. The van der Waals surface area contributed by atoms with Gasteiger partial charge in [0.05, 0.1) is 0 Å². The van der Waals surface area contributed by atoms with E-state index < -0.39 is 0 Å². The van der Waals surface area contributed by atoms with Crippen LogP contribution in [0.1, 0.15) is 40.5 Å². The number of rotatable bonds is 3. The van der Waals surface area contributed by atoms with E-state index in [1.807, 2.05) is 0 Å². The summed E-state index contributed by atoms with van der Waals surface area (Å²) in [7, 11) is 0.510. The van der Waals surface area contributed by atoms with Crippen molar-refractivity contribution < 1.29 is 4.79 Å². The van der Waals surface area contributed by atoms with Crippen LogP contribution >= 0.6 is 0 Å². The zero-order valence-corrected chi connectivity index (χ0v) is 11.2. The van der Waals surface area contributed by atoms with Crippen molar-refractivity contribution in [1.82, 2.24) is 0 Å². The van der Waals surface area contributed by atoms with Crippen molar-refractivity contribution in [3.05, 3.63) is 12.2 Å². The van der Waals surface area contributed by atoms with Crippen LogP contribution in [-0.2, 0) is 15.7 Å². The lowest BCUT2D eigenvalue weighted by Crippen LogP contribution is -2.34. The molecule has 1 saturated heterocycles. The van der Waals surface area contributed by atoms with Gasteiger partial charge in [0, 0.05) is 5.41 Å². The summed E-state index contributed by atoms with van der Waals surface area (Å²) in [5.41, 5.74) is 0.291. The van der Waals surface area contributed by atoms with Crippen LogP contribution in [-0.4, -0.2) is 22.5 Å². The minimum absolute atomic E-state index is 0.173. The second-order valence-electron chi connectivity index (χ2n) is 5.41. The van der Waals surface area contributed by atoms with Crippen molar-refractivity contribution in [2.24, 2.45) is 5.41 Å². The van der Waals surface area contributed by atoms with Gasteiger partial charge in [0.1, 0.15) is 16.8 Å². The number of carbonyl (C=O) groups excluding carboxylic acids is 1.